The van der Waals surface area contributed by atoms with Gasteiger partial charge >= 0.3 is 0 Å². The monoisotopic (exact) mass is 220 g/mol. The molecular weight excluding hydrogens is 198 g/mol. The Morgan fingerprint density at radius 1 is 1.12 bits per heavy atom. The molecule has 0 aliphatic heterocycles. The van der Waals surface area contributed by atoms with Crippen LogP contribution >= 0.6 is 0 Å². The summed E-state index contributed by atoms with van der Waals surface area (Å²) in [5, 5.41) is 0. The lowest BCUT2D eigenvalue weighted by molar-refractivity contribution is 0.223. The zero-order valence-corrected chi connectivity index (χ0v) is 10.4. The molecule has 0 saturated carbocycles. The molecule has 2 heteroatoms. The maximum Gasteiger partial charge on any atom is 0.119 e. The Balaban J connectivity index is 2.31. The van der Waals surface area contributed by atoms with Crippen LogP contribution in [0.25, 0.3) is 0 Å². The van der Waals surface area contributed by atoms with Crippen molar-refractivity contribution in [2.75, 3.05) is 26.2 Å². The predicted octanol–water partition coefficient (Wildman–Crippen LogP) is 2.78. The van der Waals surface area contributed by atoms with Gasteiger partial charge < -0.3 is 9.64 Å². The number of rotatable bonds is 7. The maximum absolute atomic E-state index is 5.68. The molecule has 0 aromatic heterocycles. The Morgan fingerprint density at radius 2 is 1.75 bits per heavy atom. The molecule has 0 heterocycles. The molecule has 1 aromatic carbocycles. The molecular formula is C14H22NO. The van der Waals surface area contributed by atoms with Gasteiger partial charge in [-0.1, -0.05) is 26.0 Å². The number of hydrogen-bond donors (Lipinski definition) is 0. The zero-order valence-electron chi connectivity index (χ0n) is 10.4. The van der Waals surface area contributed by atoms with E-state index in [0.29, 0.717) is 0 Å². The topological polar surface area (TPSA) is 12.5 Å². The molecule has 0 N–H and O–H groups in total. The lowest BCUT2D eigenvalue weighted by Gasteiger charge is -2.18. The van der Waals surface area contributed by atoms with E-state index in [1.165, 1.54) is 5.56 Å². The van der Waals surface area contributed by atoms with Crippen LogP contribution in [-0.2, 0) is 6.42 Å². The van der Waals surface area contributed by atoms with E-state index < -0.39 is 0 Å². The van der Waals surface area contributed by atoms with Crippen LogP contribution in [0.15, 0.2) is 24.3 Å². The van der Waals surface area contributed by atoms with Crippen LogP contribution in [0.3, 0.4) is 0 Å². The molecule has 1 radical (unpaired) electrons. The van der Waals surface area contributed by atoms with E-state index in [0.717, 1.165) is 38.4 Å². The zero-order chi connectivity index (χ0) is 11.8. The molecule has 0 unspecified atom stereocenters. The smallest absolute Gasteiger partial charge is 0.119 e. The van der Waals surface area contributed by atoms with Crippen molar-refractivity contribution >= 4 is 0 Å². The highest BCUT2D eigenvalue weighted by Crippen LogP contribution is 2.12. The van der Waals surface area contributed by atoms with Crippen LogP contribution in [0.4, 0.5) is 0 Å². The van der Waals surface area contributed by atoms with E-state index in [9.17, 15) is 0 Å². The first-order valence-corrected chi connectivity index (χ1v) is 6.03. The van der Waals surface area contributed by atoms with Gasteiger partial charge in [0.15, 0.2) is 0 Å². The van der Waals surface area contributed by atoms with E-state index in [4.69, 9.17) is 4.74 Å². The predicted molar refractivity (Wildman–Crippen MR) is 68.8 cm³/mol. The van der Waals surface area contributed by atoms with Gasteiger partial charge in [-0.2, -0.15) is 0 Å². The highest BCUT2D eigenvalue weighted by Gasteiger charge is 1.99. The summed E-state index contributed by atoms with van der Waals surface area (Å²) in [6, 6.07) is 8.17. The third-order valence-corrected chi connectivity index (χ3v) is 2.78. The molecule has 1 rings (SSSR count). The van der Waals surface area contributed by atoms with Crippen LogP contribution in [0.5, 0.6) is 5.75 Å². The number of nitrogens with zero attached hydrogens (tertiary/aromatic N) is 1. The normalized spacial score (nSPS) is 10.8. The van der Waals surface area contributed by atoms with Crippen LogP contribution < -0.4 is 4.74 Å². The Bertz CT molecular complexity index is 277. The summed E-state index contributed by atoms with van der Waals surface area (Å²) in [7, 11) is 0. The second-order valence-corrected chi connectivity index (χ2v) is 3.77. The molecule has 0 atom stereocenters. The summed E-state index contributed by atoms with van der Waals surface area (Å²) in [6.07, 6.45) is 0.833. The standard InChI is InChI=1S/C14H22NO/c1-4-13-7-9-14(10-8-13)16-12-11-15(5-2)6-3/h7-10H,1,4-6,11-12H2,2-3H3. The molecule has 1 aromatic rings. The first kappa shape index (κ1) is 13.0. The molecule has 0 amide bonds. The quantitative estimate of drug-likeness (QED) is 0.700. The summed E-state index contributed by atoms with van der Waals surface area (Å²) in [5.74, 6) is 0.948. The van der Waals surface area contributed by atoms with Gasteiger partial charge in [0, 0.05) is 6.54 Å². The van der Waals surface area contributed by atoms with Crippen molar-refractivity contribution in [3.63, 3.8) is 0 Å². The summed E-state index contributed by atoms with van der Waals surface area (Å²) < 4.78 is 5.68. The van der Waals surface area contributed by atoms with E-state index in [2.05, 4.69) is 37.8 Å². The molecule has 16 heavy (non-hydrogen) atoms. The van der Waals surface area contributed by atoms with Gasteiger partial charge in [-0.3, -0.25) is 0 Å². The van der Waals surface area contributed by atoms with Gasteiger partial charge in [0.25, 0.3) is 0 Å². The first-order valence-electron chi connectivity index (χ1n) is 6.03. The van der Waals surface area contributed by atoms with Crippen LogP contribution in [0.1, 0.15) is 19.4 Å². The van der Waals surface area contributed by atoms with Gasteiger partial charge in [0.05, 0.1) is 0 Å². The van der Waals surface area contributed by atoms with Crippen molar-refractivity contribution in [3.05, 3.63) is 36.8 Å². The van der Waals surface area contributed by atoms with Crippen LogP contribution in [0.2, 0.25) is 0 Å². The lowest BCUT2D eigenvalue weighted by atomic mass is 10.2. The molecule has 0 bridgehead atoms. The van der Waals surface area contributed by atoms with Gasteiger partial charge in [-0.05, 0) is 44.1 Å². The number of ether oxygens (including phenoxy) is 1. The average molecular weight is 220 g/mol. The SMILES string of the molecule is [CH2]Cc1ccc(OCCN(CC)CC)cc1. The Morgan fingerprint density at radius 3 is 2.25 bits per heavy atom. The molecule has 0 saturated heterocycles. The van der Waals surface area contributed by atoms with Crippen LogP contribution in [0, 0.1) is 6.92 Å². The Kier molecular flexibility index (Phi) is 5.94. The van der Waals surface area contributed by atoms with Crippen molar-refractivity contribution in [1.82, 2.24) is 4.90 Å². The first-order chi connectivity index (χ1) is 7.80. The van der Waals surface area contributed by atoms with Crippen molar-refractivity contribution < 1.29 is 4.74 Å². The van der Waals surface area contributed by atoms with Gasteiger partial charge in [0.2, 0.25) is 0 Å². The van der Waals surface area contributed by atoms with Crippen molar-refractivity contribution in [2.45, 2.75) is 20.3 Å². The van der Waals surface area contributed by atoms with Crippen molar-refractivity contribution in [3.8, 4) is 5.75 Å². The lowest BCUT2D eigenvalue weighted by Crippen LogP contribution is -2.27. The third kappa shape index (κ3) is 4.23. The van der Waals surface area contributed by atoms with Gasteiger partial charge in [-0.15, -0.1) is 0 Å². The summed E-state index contributed by atoms with van der Waals surface area (Å²) >= 11 is 0. The molecule has 0 spiro atoms. The van der Waals surface area contributed by atoms with Gasteiger partial charge in [-0.25, -0.2) is 0 Å². The molecule has 89 valence electrons. The number of hydrogen-bond acceptors (Lipinski definition) is 2. The molecule has 0 fully saturated rings. The minimum absolute atomic E-state index is 0.755. The molecule has 0 aliphatic carbocycles. The fourth-order valence-corrected chi connectivity index (χ4v) is 1.58. The summed E-state index contributed by atoms with van der Waals surface area (Å²) in [4.78, 5) is 2.35. The maximum atomic E-state index is 5.68. The second kappa shape index (κ2) is 7.29. The number of likely N-dealkylation sites (N-methyl/N-ethyl adjacent to an activating group) is 1. The molecule has 2 nitrogen and oxygen atoms in total. The van der Waals surface area contributed by atoms with E-state index >= 15 is 0 Å². The average Bonchev–Trinajstić information content (AvgIpc) is 2.35. The van der Waals surface area contributed by atoms with Crippen molar-refractivity contribution in [2.24, 2.45) is 0 Å². The second-order valence-electron chi connectivity index (χ2n) is 3.77. The molecule has 0 aliphatic rings. The third-order valence-electron chi connectivity index (χ3n) is 2.78. The minimum Gasteiger partial charge on any atom is -0.492 e. The van der Waals surface area contributed by atoms with E-state index in [1.807, 2.05) is 12.1 Å². The van der Waals surface area contributed by atoms with Crippen LogP contribution in [-0.4, -0.2) is 31.1 Å². The van der Waals surface area contributed by atoms with E-state index in [-0.39, 0.29) is 0 Å². The fourth-order valence-electron chi connectivity index (χ4n) is 1.58. The Labute approximate surface area is 99.2 Å². The summed E-state index contributed by atoms with van der Waals surface area (Å²) in [6.45, 7) is 12.1. The van der Waals surface area contributed by atoms with E-state index in [1.54, 1.807) is 0 Å². The largest absolute Gasteiger partial charge is 0.492 e. The Hall–Kier alpha value is -1.02. The highest BCUT2D eigenvalue weighted by molar-refractivity contribution is 5.27. The number of benzene rings is 1. The fraction of sp³-hybridized carbons (Fsp3) is 0.500. The van der Waals surface area contributed by atoms with Gasteiger partial charge in [0.1, 0.15) is 12.4 Å². The highest BCUT2D eigenvalue weighted by atomic mass is 16.5. The minimum atomic E-state index is 0.755. The van der Waals surface area contributed by atoms with Crippen molar-refractivity contribution in [1.29, 1.82) is 0 Å². The summed E-state index contributed by atoms with van der Waals surface area (Å²) in [5.41, 5.74) is 1.25.